The van der Waals surface area contributed by atoms with Gasteiger partial charge in [-0.3, -0.25) is 0 Å². The lowest BCUT2D eigenvalue weighted by Crippen LogP contribution is -2.07. The summed E-state index contributed by atoms with van der Waals surface area (Å²) in [7, 11) is 0. The second kappa shape index (κ2) is 5.92. The van der Waals surface area contributed by atoms with Crippen molar-refractivity contribution in [2.45, 2.75) is 26.4 Å². The minimum Gasteiger partial charge on any atom is -0.507 e. The number of aryl methyl sites for hydroxylation is 1. The Balaban J connectivity index is 1.85. The fraction of sp³-hybridized carbons (Fsp3) is 0.222. The Kier molecular flexibility index (Phi) is 3.82. The summed E-state index contributed by atoms with van der Waals surface area (Å²) in [6, 6.07) is 15.8. The van der Waals surface area contributed by atoms with E-state index in [0.29, 0.717) is 5.75 Å². The summed E-state index contributed by atoms with van der Waals surface area (Å²) in [4.78, 5) is 0. The van der Waals surface area contributed by atoms with E-state index in [0.717, 1.165) is 36.0 Å². The zero-order chi connectivity index (χ0) is 14.7. The van der Waals surface area contributed by atoms with Crippen LogP contribution in [0.4, 0.5) is 5.69 Å². The van der Waals surface area contributed by atoms with Crippen LogP contribution in [0, 0.1) is 0 Å². The molecule has 0 aliphatic heterocycles. The number of rotatable bonds is 5. The van der Waals surface area contributed by atoms with Crippen LogP contribution >= 0.6 is 0 Å². The molecule has 2 aromatic carbocycles. The molecule has 2 N–H and O–H groups in total. The van der Waals surface area contributed by atoms with Gasteiger partial charge in [0.15, 0.2) is 0 Å². The Morgan fingerprint density at radius 2 is 1.81 bits per heavy atom. The monoisotopic (exact) mass is 280 g/mol. The van der Waals surface area contributed by atoms with Crippen LogP contribution in [0.15, 0.2) is 54.7 Å². The van der Waals surface area contributed by atoms with Crippen LogP contribution in [0.3, 0.4) is 0 Å². The van der Waals surface area contributed by atoms with Crippen LogP contribution < -0.4 is 5.32 Å². The minimum absolute atomic E-state index is 0.325. The first kappa shape index (κ1) is 13.6. The zero-order valence-electron chi connectivity index (χ0n) is 12.2. The number of aromatic hydroxyl groups is 1. The first-order valence-corrected chi connectivity index (χ1v) is 7.38. The predicted octanol–water partition coefficient (Wildman–Crippen LogP) is 4.37. The highest BCUT2D eigenvalue weighted by molar-refractivity contribution is 5.97. The summed E-state index contributed by atoms with van der Waals surface area (Å²) < 4.78 is 2.27. The minimum atomic E-state index is 0.325. The third-order valence-electron chi connectivity index (χ3n) is 3.75. The summed E-state index contributed by atoms with van der Waals surface area (Å²) >= 11 is 0. The first-order chi connectivity index (χ1) is 10.3. The van der Waals surface area contributed by atoms with Gasteiger partial charge >= 0.3 is 0 Å². The van der Waals surface area contributed by atoms with Crippen LogP contribution in [-0.4, -0.2) is 9.67 Å². The Morgan fingerprint density at radius 1 is 1.00 bits per heavy atom. The van der Waals surface area contributed by atoms with E-state index in [9.17, 15) is 5.11 Å². The van der Waals surface area contributed by atoms with Crippen LogP contribution in [-0.2, 0) is 13.1 Å². The van der Waals surface area contributed by atoms with Crippen LogP contribution in [0.25, 0.3) is 10.8 Å². The zero-order valence-corrected chi connectivity index (χ0v) is 12.2. The van der Waals surface area contributed by atoms with Gasteiger partial charge in [-0.15, -0.1) is 0 Å². The highest BCUT2D eigenvalue weighted by atomic mass is 16.3. The second-order valence-electron chi connectivity index (χ2n) is 5.22. The molecule has 3 aromatic rings. The molecule has 0 saturated heterocycles. The Morgan fingerprint density at radius 3 is 2.67 bits per heavy atom. The second-order valence-corrected chi connectivity index (χ2v) is 5.22. The standard InChI is InChI=1S/C18H20N2O/c1-2-11-20-12-5-6-14(20)13-19-17-9-3-8-16-15(17)7-4-10-18(16)21/h3-10,12,19,21H,2,11,13H2,1H3. The summed E-state index contributed by atoms with van der Waals surface area (Å²) in [6.07, 6.45) is 3.25. The van der Waals surface area contributed by atoms with E-state index in [-0.39, 0.29) is 0 Å². The van der Waals surface area contributed by atoms with Gasteiger partial charge in [0.05, 0.1) is 6.54 Å². The molecule has 1 heterocycles. The lowest BCUT2D eigenvalue weighted by Gasteiger charge is -2.12. The van der Waals surface area contributed by atoms with E-state index in [4.69, 9.17) is 0 Å². The number of nitrogens with zero attached hydrogens (tertiary/aromatic N) is 1. The van der Waals surface area contributed by atoms with E-state index in [1.807, 2.05) is 24.3 Å². The molecular formula is C18H20N2O. The van der Waals surface area contributed by atoms with Crippen molar-refractivity contribution in [2.75, 3.05) is 5.32 Å². The van der Waals surface area contributed by atoms with Crippen molar-refractivity contribution in [3.05, 3.63) is 60.4 Å². The van der Waals surface area contributed by atoms with Crippen molar-refractivity contribution in [1.29, 1.82) is 0 Å². The van der Waals surface area contributed by atoms with Gasteiger partial charge < -0.3 is 15.0 Å². The third kappa shape index (κ3) is 2.72. The first-order valence-electron chi connectivity index (χ1n) is 7.38. The molecular weight excluding hydrogens is 260 g/mol. The highest BCUT2D eigenvalue weighted by Crippen LogP contribution is 2.30. The quantitative estimate of drug-likeness (QED) is 0.728. The van der Waals surface area contributed by atoms with E-state index >= 15 is 0 Å². The topological polar surface area (TPSA) is 37.2 Å². The van der Waals surface area contributed by atoms with E-state index in [1.54, 1.807) is 6.07 Å². The summed E-state index contributed by atoms with van der Waals surface area (Å²) in [5, 5.41) is 15.3. The molecule has 108 valence electrons. The van der Waals surface area contributed by atoms with Gasteiger partial charge in [0.25, 0.3) is 0 Å². The Labute approximate surface area is 124 Å². The molecule has 0 aliphatic carbocycles. The maximum Gasteiger partial charge on any atom is 0.123 e. The number of anilines is 1. The van der Waals surface area contributed by atoms with E-state index < -0.39 is 0 Å². The SMILES string of the molecule is CCCn1cccc1CNc1cccc2c(O)cccc12. The van der Waals surface area contributed by atoms with Crippen molar-refractivity contribution in [3.63, 3.8) is 0 Å². The molecule has 3 heteroatoms. The van der Waals surface area contributed by atoms with E-state index in [1.165, 1.54) is 5.69 Å². The molecule has 0 atom stereocenters. The van der Waals surface area contributed by atoms with Gasteiger partial charge in [-0.25, -0.2) is 0 Å². The van der Waals surface area contributed by atoms with Gasteiger partial charge in [-0.1, -0.05) is 31.2 Å². The summed E-state index contributed by atoms with van der Waals surface area (Å²) in [5.74, 6) is 0.325. The van der Waals surface area contributed by atoms with Crippen molar-refractivity contribution in [2.24, 2.45) is 0 Å². The largest absolute Gasteiger partial charge is 0.507 e. The van der Waals surface area contributed by atoms with E-state index in [2.05, 4.69) is 41.2 Å². The predicted molar refractivity (Wildman–Crippen MR) is 87.7 cm³/mol. The average molecular weight is 280 g/mol. The van der Waals surface area contributed by atoms with Crippen molar-refractivity contribution < 1.29 is 5.11 Å². The number of hydrogen-bond acceptors (Lipinski definition) is 2. The molecule has 0 spiro atoms. The van der Waals surface area contributed by atoms with Gasteiger partial charge in [0, 0.05) is 34.9 Å². The number of phenolic OH excluding ortho intramolecular Hbond substituents is 1. The van der Waals surface area contributed by atoms with Gasteiger partial charge in [0.1, 0.15) is 5.75 Å². The Hall–Kier alpha value is -2.42. The van der Waals surface area contributed by atoms with Crippen molar-refractivity contribution in [3.8, 4) is 5.75 Å². The third-order valence-corrected chi connectivity index (χ3v) is 3.75. The number of nitrogens with one attached hydrogen (secondary N) is 1. The molecule has 0 saturated carbocycles. The molecule has 3 nitrogen and oxygen atoms in total. The molecule has 21 heavy (non-hydrogen) atoms. The van der Waals surface area contributed by atoms with Gasteiger partial charge in [-0.2, -0.15) is 0 Å². The number of phenols is 1. The molecule has 0 bridgehead atoms. The Bertz CT molecular complexity index is 746. The molecule has 0 unspecified atom stereocenters. The smallest absolute Gasteiger partial charge is 0.123 e. The summed E-state index contributed by atoms with van der Waals surface area (Å²) in [5.41, 5.74) is 2.32. The molecule has 1 aromatic heterocycles. The summed E-state index contributed by atoms with van der Waals surface area (Å²) in [6.45, 7) is 4.01. The fourth-order valence-corrected chi connectivity index (χ4v) is 2.70. The van der Waals surface area contributed by atoms with Gasteiger partial charge in [0.2, 0.25) is 0 Å². The van der Waals surface area contributed by atoms with Crippen LogP contribution in [0.2, 0.25) is 0 Å². The maximum atomic E-state index is 9.93. The number of benzene rings is 2. The number of aromatic nitrogens is 1. The molecule has 0 radical (unpaired) electrons. The van der Waals surface area contributed by atoms with Crippen molar-refractivity contribution >= 4 is 16.5 Å². The normalized spacial score (nSPS) is 10.9. The highest BCUT2D eigenvalue weighted by Gasteiger charge is 2.05. The number of hydrogen-bond donors (Lipinski definition) is 2. The number of fused-ring (bicyclic) bond motifs is 1. The lowest BCUT2D eigenvalue weighted by molar-refractivity contribution is 0.481. The molecule has 0 fully saturated rings. The maximum absolute atomic E-state index is 9.93. The lowest BCUT2D eigenvalue weighted by atomic mass is 10.1. The van der Waals surface area contributed by atoms with Crippen molar-refractivity contribution in [1.82, 2.24) is 4.57 Å². The molecule has 3 rings (SSSR count). The van der Waals surface area contributed by atoms with Crippen LogP contribution in [0.1, 0.15) is 19.0 Å². The molecule has 0 aliphatic rings. The molecule has 0 amide bonds. The van der Waals surface area contributed by atoms with Gasteiger partial charge in [-0.05, 0) is 30.7 Å². The van der Waals surface area contributed by atoms with Crippen LogP contribution in [0.5, 0.6) is 5.75 Å². The fourth-order valence-electron chi connectivity index (χ4n) is 2.70. The average Bonchev–Trinajstić information content (AvgIpc) is 2.93.